The Morgan fingerprint density at radius 2 is 1.90 bits per heavy atom. The summed E-state index contributed by atoms with van der Waals surface area (Å²) >= 11 is 3.47. The lowest BCUT2D eigenvalue weighted by Gasteiger charge is -2.19. The van der Waals surface area contributed by atoms with Crippen LogP contribution in [0.3, 0.4) is 0 Å². The lowest BCUT2D eigenvalue weighted by atomic mass is 10.2. The van der Waals surface area contributed by atoms with Crippen LogP contribution < -0.4 is 15.2 Å². The Hall–Kier alpha value is -1.43. The van der Waals surface area contributed by atoms with Crippen molar-refractivity contribution in [2.24, 2.45) is 10.7 Å². The largest absolute Gasteiger partial charge is 0.493 e. The van der Waals surface area contributed by atoms with Gasteiger partial charge in [-0.2, -0.15) is 0 Å². The molecule has 2 N–H and O–H groups in total. The number of nitrogens with two attached hydrogens (primary N) is 1. The molecule has 0 aliphatic rings. The summed E-state index contributed by atoms with van der Waals surface area (Å²) in [6, 6.07) is 3.86. The van der Waals surface area contributed by atoms with E-state index in [1.165, 1.54) is 0 Å². The van der Waals surface area contributed by atoms with E-state index >= 15 is 0 Å². The van der Waals surface area contributed by atoms with E-state index in [4.69, 9.17) is 15.2 Å². The fourth-order valence-corrected chi connectivity index (χ4v) is 2.53. The molecule has 5 nitrogen and oxygen atoms in total. The second-order valence-corrected chi connectivity index (χ2v) is 5.01. The van der Waals surface area contributed by atoms with Crippen molar-refractivity contribution in [2.45, 2.75) is 20.4 Å². The van der Waals surface area contributed by atoms with E-state index in [0.29, 0.717) is 24.0 Å². The highest BCUT2D eigenvalue weighted by atomic mass is 79.9. The number of methoxy groups -OCH3 is 2. The van der Waals surface area contributed by atoms with Crippen LogP contribution in [0.1, 0.15) is 19.4 Å². The SMILES string of the molecule is CCN(CC)C(N)=NCc1cc(Br)c(OC)c(OC)c1. The minimum Gasteiger partial charge on any atom is -0.493 e. The lowest BCUT2D eigenvalue weighted by Crippen LogP contribution is -2.37. The maximum absolute atomic E-state index is 5.96. The summed E-state index contributed by atoms with van der Waals surface area (Å²) in [5.41, 5.74) is 6.96. The van der Waals surface area contributed by atoms with Gasteiger partial charge in [0.1, 0.15) is 0 Å². The summed E-state index contributed by atoms with van der Waals surface area (Å²) in [4.78, 5) is 6.42. The van der Waals surface area contributed by atoms with Crippen molar-refractivity contribution in [2.75, 3.05) is 27.3 Å². The van der Waals surface area contributed by atoms with Gasteiger partial charge in [-0.1, -0.05) is 0 Å². The van der Waals surface area contributed by atoms with Gasteiger partial charge >= 0.3 is 0 Å². The van der Waals surface area contributed by atoms with Crippen LogP contribution in [0.5, 0.6) is 11.5 Å². The molecule has 0 unspecified atom stereocenters. The number of ether oxygens (including phenoxy) is 2. The zero-order valence-corrected chi connectivity index (χ0v) is 14.0. The molecule has 0 aliphatic carbocycles. The number of nitrogens with zero attached hydrogens (tertiary/aromatic N) is 2. The number of benzene rings is 1. The standard InChI is InChI=1S/C14H22BrN3O2/c1-5-18(6-2)14(16)17-9-10-7-11(15)13(20-4)12(8-10)19-3/h7-8H,5-6,9H2,1-4H3,(H2,16,17). The number of guanidine groups is 1. The van der Waals surface area contributed by atoms with Crippen LogP contribution in [0, 0.1) is 0 Å². The molecule has 0 fully saturated rings. The Labute approximate surface area is 128 Å². The van der Waals surface area contributed by atoms with E-state index in [9.17, 15) is 0 Å². The molecule has 1 aromatic rings. The molecule has 1 rings (SSSR count). The van der Waals surface area contributed by atoms with Crippen molar-refractivity contribution in [1.29, 1.82) is 0 Å². The fourth-order valence-electron chi connectivity index (χ4n) is 1.88. The van der Waals surface area contributed by atoms with Crippen LogP contribution in [0.25, 0.3) is 0 Å². The van der Waals surface area contributed by atoms with Crippen LogP contribution in [-0.2, 0) is 6.54 Å². The summed E-state index contributed by atoms with van der Waals surface area (Å²) in [5, 5.41) is 0. The molecular weight excluding hydrogens is 322 g/mol. The number of hydrogen-bond acceptors (Lipinski definition) is 3. The smallest absolute Gasteiger partial charge is 0.191 e. The predicted molar refractivity (Wildman–Crippen MR) is 85.5 cm³/mol. The molecule has 0 spiro atoms. The van der Waals surface area contributed by atoms with Crippen molar-refractivity contribution in [3.8, 4) is 11.5 Å². The predicted octanol–water partition coefficient (Wildman–Crippen LogP) is 2.62. The third-order valence-electron chi connectivity index (χ3n) is 3.00. The van der Waals surface area contributed by atoms with Gasteiger partial charge in [-0.3, -0.25) is 0 Å². The van der Waals surface area contributed by atoms with Crippen molar-refractivity contribution < 1.29 is 9.47 Å². The normalized spacial score (nSPS) is 11.3. The monoisotopic (exact) mass is 343 g/mol. The quantitative estimate of drug-likeness (QED) is 0.637. The first-order valence-electron chi connectivity index (χ1n) is 6.52. The Balaban J connectivity index is 2.94. The molecule has 112 valence electrons. The Morgan fingerprint density at radius 1 is 1.25 bits per heavy atom. The second-order valence-electron chi connectivity index (χ2n) is 4.16. The van der Waals surface area contributed by atoms with Crippen molar-refractivity contribution in [3.05, 3.63) is 22.2 Å². The first-order chi connectivity index (χ1) is 9.57. The van der Waals surface area contributed by atoms with E-state index in [0.717, 1.165) is 23.1 Å². The third-order valence-corrected chi connectivity index (χ3v) is 3.59. The van der Waals surface area contributed by atoms with Gasteiger partial charge in [0.25, 0.3) is 0 Å². The van der Waals surface area contributed by atoms with Crippen LogP contribution >= 0.6 is 15.9 Å². The van der Waals surface area contributed by atoms with Gasteiger partial charge < -0.3 is 20.1 Å². The summed E-state index contributed by atoms with van der Waals surface area (Å²) < 4.78 is 11.4. The van der Waals surface area contributed by atoms with Gasteiger partial charge in [-0.25, -0.2) is 4.99 Å². The van der Waals surface area contributed by atoms with Gasteiger partial charge in [0.2, 0.25) is 0 Å². The molecule has 0 saturated heterocycles. The Kier molecular flexibility index (Phi) is 6.64. The van der Waals surface area contributed by atoms with E-state index < -0.39 is 0 Å². The molecular formula is C14H22BrN3O2. The van der Waals surface area contributed by atoms with E-state index in [2.05, 4.69) is 34.8 Å². The average Bonchev–Trinajstić information content (AvgIpc) is 2.45. The van der Waals surface area contributed by atoms with Crippen LogP contribution in [0.4, 0.5) is 0 Å². The summed E-state index contributed by atoms with van der Waals surface area (Å²) in [6.07, 6.45) is 0. The highest BCUT2D eigenvalue weighted by Gasteiger charge is 2.10. The molecule has 0 heterocycles. The van der Waals surface area contributed by atoms with Gasteiger partial charge in [0.15, 0.2) is 17.5 Å². The highest BCUT2D eigenvalue weighted by molar-refractivity contribution is 9.10. The maximum Gasteiger partial charge on any atom is 0.191 e. The molecule has 0 bridgehead atoms. The first-order valence-corrected chi connectivity index (χ1v) is 7.31. The van der Waals surface area contributed by atoms with E-state index in [-0.39, 0.29) is 0 Å². The maximum atomic E-state index is 5.96. The van der Waals surface area contributed by atoms with Crippen LogP contribution in [-0.4, -0.2) is 38.2 Å². The van der Waals surface area contributed by atoms with Crippen LogP contribution in [0.2, 0.25) is 0 Å². The summed E-state index contributed by atoms with van der Waals surface area (Å²) in [6.45, 7) is 6.31. The highest BCUT2D eigenvalue weighted by Crippen LogP contribution is 2.36. The Morgan fingerprint density at radius 3 is 2.40 bits per heavy atom. The minimum atomic E-state index is 0.501. The van der Waals surface area contributed by atoms with E-state index in [1.54, 1.807) is 14.2 Å². The van der Waals surface area contributed by atoms with Gasteiger partial charge in [0, 0.05) is 13.1 Å². The van der Waals surface area contributed by atoms with Gasteiger partial charge in [-0.15, -0.1) is 0 Å². The van der Waals surface area contributed by atoms with Gasteiger partial charge in [-0.05, 0) is 47.5 Å². The summed E-state index contributed by atoms with van der Waals surface area (Å²) in [7, 11) is 3.22. The lowest BCUT2D eigenvalue weighted by molar-refractivity contribution is 0.352. The molecule has 0 amide bonds. The molecule has 0 atom stereocenters. The molecule has 20 heavy (non-hydrogen) atoms. The first kappa shape index (κ1) is 16.6. The van der Waals surface area contributed by atoms with Crippen molar-refractivity contribution >= 4 is 21.9 Å². The number of hydrogen-bond donors (Lipinski definition) is 1. The molecule has 0 aliphatic heterocycles. The third kappa shape index (κ3) is 4.03. The zero-order chi connectivity index (χ0) is 15.1. The molecule has 0 saturated carbocycles. The fraction of sp³-hybridized carbons (Fsp3) is 0.500. The Bertz CT molecular complexity index is 474. The molecule has 6 heteroatoms. The van der Waals surface area contributed by atoms with E-state index in [1.807, 2.05) is 17.0 Å². The topological polar surface area (TPSA) is 60.1 Å². The average molecular weight is 344 g/mol. The second kappa shape index (κ2) is 7.99. The number of rotatable bonds is 6. The molecule has 1 aromatic carbocycles. The van der Waals surface area contributed by atoms with Crippen molar-refractivity contribution in [3.63, 3.8) is 0 Å². The minimum absolute atomic E-state index is 0.501. The molecule has 0 aromatic heterocycles. The number of halogens is 1. The van der Waals surface area contributed by atoms with Crippen molar-refractivity contribution in [1.82, 2.24) is 4.90 Å². The molecule has 0 radical (unpaired) electrons. The van der Waals surface area contributed by atoms with Gasteiger partial charge in [0.05, 0.1) is 25.2 Å². The number of aliphatic imine (C=N–C) groups is 1. The summed E-state index contributed by atoms with van der Waals surface area (Å²) in [5.74, 6) is 1.91. The zero-order valence-electron chi connectivity index (χ0n) is 12.4. The van der Waals surface area contributed by atoms with Crippen LogP contribution in [0.15, 0.2) is 21.6 Å².